The third-order valence-electron chi connectivity index (χ3n) is 3.38. The lowest BCUT2D eigenvalue weighted by atomic mass is 10.0. The van der Waals surface area contributed by atoms with Crippen LogP contribution in [0.5, 0.6) is 0 Å². The van der Waals surface area contributed by atoms with Gasteiger partial charge in [0.05, 0.1) is 17.2 Å². The molecule has 0 unspecified atom stereocenters. The number of hydrogen-bond acceptors (Lipinski definition) is 4. The summed E-state index contributed by atoms with van der Waals surface area (Å²) in [6, 6.07) is 1.08. The summed E-state index contributed by atoms with van der Waals surface area (Å²) in [5, 5.41) is 3.85. The molecule has 0 aliphatic heterocycles. The Hall–Kier alpha value is -2.85. The summed E-state index contributed by atoms with van der Waals surface area (Å²) in [6.07, 6.45) is -8.18. The molecule has 0 fully saturated rings. The molecule has 0 spiro atoms. The van der Waals surface area contributed by atoms with Gasteiger partial charge in [-0.25, -0.2) is 14.5 Å². The quantitative estimate of drug-likeness (QED) is 0.415. The number of allylic oxidation sites excluding steroid dienone is 1. The SMILES string of the molecule is C/C(=C/C(=O)OC(C)C)n1cnc(-c2cc(C(F)(F)F)cc(C(F)(F)F)c2)n1. The van der Waals surface area contributed by atoms with Crippen molar-refractivity contribution in [2.24, 2.45) is 0 Å². The summed E-state index contributed by atoms with van der Waals surface area (Å²) in [4.78, 5) is 15.4. The smallest absolute Gasteiger partial charge is 0.416 e. The van der Waals surface area contributed by atoms with E-state index in [2.05, 4.69) is 10.1 Å². The van der Waals surface area contributed by atoms with Crippen molar-refractivity contribution in [2.45, 2.75) is 39.2 Å². The van der Waals surface area contributed by atoms with Gasteiger partial charge in [0.1, 0.15) is 6.33 Å². The molecule has 11 heteroatoms. The molecule has 152 valence electrons. The van der Waals surface area contributed by atoms with Crippen LogP contribution in [-0.2, 0) is 21.9 Å². The van der Waals surface area contributed by atoms with Gasteiger partial charge in [-0.2, -0.15) is 26.3 Å². The number of carbonyl (C=O) groups is 1. The minimum atomic E-state index is -4.98. The van der Waals surface area contributed by atoms with Crippen LogP contribution < -0.4 is 0 Å². The third kappa shape index (κ3) is 5.33. The standard InChI is InChI=1S/C17H15F6N3O2/c1-9(2)28-14(27)4-10(3)26-8-24-15(25-26)11-5-12(16(18,19)20)7-13(6-11)17(21,22)23/h4-9H,1-3H3/b10-4-. The second-order valence-corrected chi connectivity index (χ2v) is 6.08. The van der Waals surface area contributed by atoms with Gasteiger partial charge in [0, 0.05) is 17.3 Å². The minimum Gasteiger partial charge on any atom is -0.460 e. The van der Waals surface area contributed by atoms with Crippen LogP contribution in [0.4, 0.5) is 26.3 Å². The normalized spacial score (nSPS) is 13.1. The Morgan fingerprint density at radius 3 is 2.07 bits per heavy atom. The lowest BCUT2D eigenvalue weighted by molar-refractivity contribution is -0.143. The van der Waals surface area contributed by atoms with E-state index < -0.39 is 35.0 Å². The largest absolute Gasteiger partial charge is 0.460 e. The van der Waals surface area contributed by atoms with E-state index in [0.717, 1.165) is 17.1 Å². The van der Waals surface area contributed by atoms with Gasteiger partial charge in [-0.3, -0.25) is 0 Å². The number of alkyl halides is 6. The van der Waals surface area contributed by atoms with Crippen molar-refractivity contribution in [2.75, 3.05) is 0 Å². The minimum absolute atomic E-state index is 0.0214. The molecule has 0 saturated carbocycles. The lowest BCUT2D eigenvalue weighted by Gasteiger charge is -2.13. The van der Waals surface area contributed by atoms with Gasteiger partial charge < -0.3 is 4.74 Å². The highest BCUT2D eigenvalue weighted by atomic mass is 19.4. The van der Waals surface area contributed by atoms with Gasteiger partial charge in [0.25, 0.3) is 0 Å². The van der Waals surface area contributed by atoms with Crippen LogP contribution in [0.3, 0.4) is 0 Å². The highest BCUT2D eigenvalue weighted by Gasteiger charge is 2.37. The molecule has 0 saturated heterocycles. The van der Waals surface area contributed by atoms with Crippen molar-refractivity contribution in [3.8, 4) is 11.4 Å². The summed E-state index contributed by atoms with van der Waals surface area (Å²) in [5.41, 5.74) is -3.19. The maximum atomic E-state index is 13.0. The number of esters is 1. The Bertz CT molecular complexity index is 865. The average Bonchev–Trinajstić information content (AvgIpc) is 3.02. The zero-order valence-electron chi connectivity index (χ0n) is 14.9. The number of ether oxygens (including phenoxy) is 1. The van der Waals surface area contributed by atoms with E-state index in [1.165, 1.54) is 6.92 Å². The van der Waals surface area contributed by atoms with Gasteiger partial charge in [-0.05, 0) is 39.0 Å². The summed E-state index contributed by atoms with van der Waals surface area (Å²) in [6.45, 7) is 4.73. The molecule has 0 aliphatic carbocycles. The fourth-order valence-corrected chi connectivity index (χ4v) is 2.15. The predicted octanol–water partition coefficient (Wildman–Crippen LogP) is 4.80. The molecule has 1 aromatic heterocycles. The van der Waals surface area contributed by atoms with Crippen LogP contribution in [0.2, 0.25) is 0 Å². The molecule has 5 nitrogen and oxygen atoms in total. The highest BCUT2D eigenvalue weighted by molar-refractivity contribution is 5.87. The monoisotopic (exact) mass is 407 g/mol. The molecular weight excluding hydrogens is 392 g/mol. The summed E-state index contributed by atoms with van der Waals surface area (Å²) in [5.74, 6) is -1.04. The van der Waals surface area contributed by atoms with E-state index in [0.29, 0.717) is 12.1 Å². The lowest BCUT2D eigenvalue weighted by Crippen LogP contribution is -2.11. The maximum Gasteiger partial charge on any atom is 0.416 e. The van der Waals surface area contributed by atoms with E-state index in [-0.39, 0.29) is 23.7 Å². The molecule has 1 heterocycles. The van der Waals surface area contributed by atoms with Gasteiger partial charge in [0.2, 0.25) is 0 Å². The Kier molecular flexibility index (Phi) is 5.86. The highest BCUT2D eigenvalue weighted by Crippen LogP contribution is 2.38. The third-order valence-corrected chi connectivity index (χ3v) is 3.38. The van der Waals surface area contributed by atoms with Crippen molar-refractivity contribution >= 4 is 11.7 Å². The first kappa shape index (κ1) is 21.5. The molecule has 1 aromatic carbocycles. The van der Waals surface area contributed by atoms with Gasteiger partial charge in [0.15, 0.2) is 5.82 Å². The Balaban J connectivity index is 2.44. The second-order valence-electron chi connectivity index (χ2n) is 6.08. The number of benzene rings is 1. The zero-order valence-corrected chi connectivity index (χ0v) is 14.9. The fourth-order valence-electron chi connectivity index (χ4n) is 2.15. The average molecular weight is 407 g/mol. The molecule has 0 atom stereocenters. The molecule has 28 heavy (non-hydrogen) atoms. The van der Waals surface area contributed by atoms with Crippen molar-refractivity contribution in [3.63, 3.8) is 0 Å². The van der Waals surface area contributed by atoms with Crippen molar-refractivity contribution < 1.29 is 35.9 Å². The predicted molar refractivity (Wildman–Crippen MR) is 86.6 cm³/mol. The first-order valence-corrected chi connectivity index (χ1v) is 7.88. The summed E-state index contributed by atoms with van der Waals surface area (Å²) >= 11 is 0. The van der Waals surface area contributed by atoms with Crippen molar-refractivity contribution in [1.29, 1.82) is 0 Å². The number of rotatable bonds is 4. The Morgan fingerprint density at radius 2 is 1.61 bits per heavy atom. The Labute approximate surface area is 155 Å². The molecule has 2 aromatic rings. The van der Waals surface area contributed by atoms with Crippen molar-refractivity contribution in [3.05, 3.63) is 41.7 Å². The van der Waals surface area contributed by atoms with Gasteiger partial charge in [-0.15, -0.1) is 5.10 Å². The maximum absolute atomic E-state index is 13.0. The van der Waals surface area contributed by atoms with Gasteiger partial charge in [-0.1, -0.05) is 0 Å². The first-order valence-electron chi connectivity index (χ1n) is 7.88. The molecule has 0 N–H and O–H groups in total. The number of hydrogen-bond donors (Lipinski definition) is 0. The Morgan fingerprint density at radius 1 is 1.07 bits per heavy atom. The van der Waals surface area contributed by atoms with Crippen LogP contribution in [0.15, 0.2) is 30.6 Å². The summed E-state index contributed by atoms with van der Waals surface area (Å²) in [7, 11) is 0. The second kappa shape index (κ2) is 7.64. The molecule has 0 aliphatic rings. The van der Waals surface area contributed by atoms with Crippen LogP contribution in [0.1, 0.15) is 31.9 Å². The molecule has 0 radical (unpaired) electrons. The van der Waals surface area contributed by atoms with Gasteiger partial charge >= 0.3 is 18.3 Å². The number of carbonyl (C=O) groups excluding carboxylic acids is 1. The summed E-state index contributed by atoms with van der Waals surface area (Å²) < 4.78 is 83.7. The number of halogens is 6. The molecule has 2 rings (SSSR count). The van der Waals surface area contributed by atoms with E-state index in [4.69, 9.17) is 4.74 Å². The van der Waals surface area contributed by atoms with Crippen LogP contribution in [0.25, 0.3) is 17.1 Å². The molecule has 0 amide bonds. The zero-order chi connectivity index (χ0) is 21.3. The van der Waals surface area contributed by atoms with E-state index >= 15 is 0 Å². The van der Waals surface area contributed by atoms with E-state index in [1.807, 2.05) is 0 Å². The molecular formula is C17H15F6N3O2. The van der Waals surface area contributed by atoms with Crippen LogP contribution in [-0.4, -0.2) is 26.8 Å². The molecule has 0 bridgehead atoms. The fraction of sp³-hybridized carbons (Fsp3) is 0.353. The van der Waals surface area contributed by atoms with E-state index in [1.54, 1.807) is 13.8 Å². The van der Waals surface area contributed by atoms with E-state index in [9.17, 15) is 31.1 Å². The topological polar surface area (TPSA) is 57.0 Å². The van der Waals surface area contributed by atoms with Crippen molar-refractivity contribution in [1.82, 2.24) is 14.8 Å². The van der Waals surface area contributed by atoms with Crippen LogP contribution in [0, 0.1) is 0 Å². The first-order chi connectivity index (χ1) is 12.8. The van der Waals surface area contributed by atoms with Crippen LogP contribution >= 0.6 is 0 Å². The number of nitrogens with zero attached hydrogens (tertiary/aromatic N) is 3. The number of aromatic nitrogens is 3.